The Balaban J connectivity index is 1.89. The quantitative estimate of drug-likeness (QED) is 0.404. The van der Waals surface area contributed by atoms with Crippen LogP contribution in [0.2, 0.25) is 0 Å². The van der Waals surface area contributed by atoms with Gasteiger partial charge in [0, 0.05) is 42.8 Å². The molecule has 8 atom stereocenters. The molecule has 0 amide bonds. The van der Waals surface area contributed by atoms with E-state index in [4.69, 9.17) is 14.2 Å². The highest BCUT2D eigenvalue weighted by Gasteiger charge is 2.81. The summed E-state index contributed by atoms with van der Waals surface area (Å²) in [5.74, 6) is -1.36. The van der Waals surface area contributed by atoms with Gasteiger partial charge in [0.2, 0.25) is 5.78 Å². The van der Waals surface area contributed by atoms with Crippen molar-refractivity contribution < 1.29 is 33.0 Å². The topological polar surface area (TPSA) is 78.9 Å². The van der Waals surface area contributed by atoms with E-state index in [1.807, 2.05) is 34.6 Å². The molecule has 0 aromatic rings. The zero-order valence-corrected chi connectivity index (χ0v) is 23.4. The number of fused-ring (bicyclic) bond motifs is 5. The van der Waals surface area contributed by atoms with Crippen LogP contribution in [-0.2, 0) is 28.6 Å². The van der Waals surface area contributed by atoms with Crippen LogP contribution in [0.5, 0.6) is 0 Å². The van der Waals surface area contributed by atoms with Gasteiger partial charge in [0.1, 0.15) is 6.61 Å². The van der Waals surface area contributed by atoms with Gasteiger partial charge in [-0.1, -0.05) is 45.8 Å². The van der Waals surface area contributed by atoms with Crippen molar-refractivity contribution in [1.82, 2.24) is 0 Å². The smallest absolute Gasteiger partial charge is 0.306 e. The number of esters is 1. The van der Waals surface area contributed by atoms with Crippen LogP contribution in [0.15, 0.2) is 23.8 Å². The lowest BCUT2D eigenvalue weighted by Crippen LogP contribution is -2.74. The zero-order chi connectivity index (χ0) is 27.4. The van der Waals surface area contributed by atoms with Crippen LogP contribution in [-0.4, -0.2) is 55.7 Å². The molecule has 0 bridgehead atoms. The van der Waals surface area contributed by atoms with Crippen LogP contribution in [0.3, 0.4) is 0 Å². The van der Waals surface area contributed by atoms with E-state index in [9.17, 15) is 14.4 Å². The summed E-state index contributed by atoms with van der Waals surface area (Å²) in [6.07, 6.45) is 7.50. The van der Waals surface area contributed by atoms with Crippen molar-refractivity contribution in [2.24, 2.45) is 28.1 Å². The maximum Gasteiger partial charge on any atom is 0.306 e. The van der Waals surface area contributed by atoms with E-state index >= 15 is 4.39 Å². The number of carbonyl (C=O) groups excluding carboxylic acids is 3. The monoisotopic (exact) mass is 518 g/mol. The number of ether oxygens (including phenoxy) is 3. The summed E-state index contributed by atoms with van der Waals surface area (Å²) in [4.78, 5) is 39.2. The summed E-state index contributed by atoms with van der Waals surface area (Å²) in [5.41, 5.74) is -5.23. The highest BCUT2D eigenvalue weighted by molar-refractivity contribution is 6.01. The first kappa shape index (κ1) is 28.2. The Morgan fingerprint density at radius 3 is 2.49 bits per heavy atom. The Hall–Kier alpha value is -1.86. The molecule has 0 spiro atoms. The zero-order valence-electron chi connectivity index (χ0n) is 23.4. The van der Waals surface area contributed by atoms with Crippen molar-refractivity contribution in [3.63, 3.8) is 0 Å². The molecule has 0 heterocycles. The third kappa shape index (κ3) is 3.52. The van der Waals surface area contributed by atoms with Gasteiger partial charge in [-0.2, -0.15) is 0 Å². The average molecular weight is 519 g/mol. The number of ketones is 2. The number of carbonyl (C=O) groups is 3. The Bertz CT molecular complexity index is 1040. The van der Waals surface area contributed by atoms with E-state index in [0.717, 1.165) is 12.0 Å². The number of methoxy groups -OCH3 is 2. The molecular formula is C30H43FO6. The molecule has 0 N–H and O–H groups in total. The van der Waals surface area contributed by atoms with Gasteiger partial charge < -0.3 is 14.2 Å². The summed E-state index contributed by atoms with van der Waals surface area (Å²) >= 11 is 0. The van der Waals surface area contributed by atoms with E-state index < -0.39 is 39.6 Å². The van der Waals surface area contributed by atoms with Crippen molar-refractivity contribution >= 4 is 17.5 Å². The van der Waals surface area contributed by atoms with E-state index in [1.165, 1.54) is 20.3 Å². The van der Waals surface area contributed by atoms with Crippen molar-refractivity contribution in [3.05, 3.63) is 23.8 Å². The molecule has 0 aromatic carbocycles. The van der Waals surface area contributed by atoms with Gasteiger partial charge in [-0.25, -0.2) is 4.39 Å². The molecule has 7 heteroatoms. The van der Waals surface area contributed by atoms with Gasteiger partial charge in [-0.3, -0.25) is 14.4 Å². The fraction of sp³-hybridized carbons (Fsp3) is 0.767. The lowest BCUT2D eigenvalue weighted by molar-refractivity contribution is -0.264. The fourth-order valence-electron chi connectivity index (χ4n) is 9.00. The second kappa shape index (κ2) is 9.41. The molecule has 4 aliphatic carbocycles. The van der Waals surface area contributed by atoms with Gasteiger partial charge in [-0.05, 0) is 57.1 Å². The molecule has 37 heavy (non-hydrogen) atoms. The van der Waals surface area contributed by atoms with Gasteiger partial charge in [0.05, 0.1) is 6.10 Å². The minimum absolute atomic E-state index is 0.119. The van der Waals surface area contributed by atoms with Crippen molar-refractivity contribution in [2.75, 3.05) is 20.8 Å². The molecular weight excluding hydrogens is 475 g/mol. The van der Waals surface area contributed by atoms with Gasteiger partial charge in [0.15, 0.2) is 17.1 Å². The molecule has 3 fully saturated rings. The third-order valence-corrected chi connectivity index (χ3v) is 10.8. The summed E-state index contributed by atoms with van der Waals surface area (Å²) in [7, 11) is 2.97. The first-order chi connectivity index (χ1) is 17.3. The first-order valence-electron chi connectivity index (χ1n) is 13.7. The second-order valence-corrected chi connectivity index (χ2v) is 12.4. The van der Waals surface area contributed by atoms with E-state index in [1.54, 1.807) is 12.2 Å². The molecule has 0 aromatic heterocycles. The highest BCUT2D eigenvalue weighted by atomic mass is 19.1. The van der Waals surface area contributed by atoms with Crippen LogP contribution in [0.1, 0.15) is 79.6 Å². The summed E-state index contributed by atoms with van der Waals surface area (Å²) in [5, 5.41) is 0. The highest BCUT2D eigenvalue weighted by Crippen LogP contribution is 2.76. The SMILES string of the molecule is CCCCC(=O)OC1(C(=O)COC)C(C)CC2C1(C)CC(OC)C1(F)C3(C)C=CC(=O)C=C3CCC21C. The Morgan fingerprint density at radius 1 is 1.16 bits per heavy atom. The maximum atomic E-state index is 18.1. The number of allylic oxidation sites excluding steroid dienone is 4. The molecule has 3 saturated carbocycles. The molecule has 6 nitrogen and oxygen atoms in total. The molecule has 4 aliphatic rings. The van der Waals surface area contributed by atoms with Gasteiger partial charge >= 0.3 is 5.97 Å². The standard InChI is InChI=1S/C30H43FO6/c1-8-9-10-25(34)37-29(23(33)18-35-6)19(2)15-22-27(4)13-11-20-16-21(32)12-14-26(20,3)30(27,31)24(36-7)17-28(22,29)5/h12,14,16,19,22,24H,8-11,13,15,17-18H2,1-7H3. The minimum atomic E-state index is -1.83. The van der Waals surface area contributed by atoms with Crippen LogP contribution in [0, 0.1) is 28.1 Å². The predicted molar refractivity (Wildman–Crippen MR) is 138 cm³/mol. The fourth-order valence-corrected chi connectivity index (χ4v) is 9.00. The molecule has 0 radical (unpaired) electrons. The number of hydrogen-bond acceptors (Lipinski definition) is 6. The normalized spacial score (nSPS) is 44.5. The van der Waals surface area contributed by atoms with Crippen LogP contribution in [0.25, 0.3) is 0 Å². The van der Waals surface area contributed by atoms with Crippen molar-refractivity contribution in [3.8, 4) is 0 Å². The molecule has 4 rings (SSSR count). The molecule has 206 valence electrons. The van der Waals surface area contributed by atoms with Crippen molar-refractivity contribution in [1.29, 1.82) is 0 Å². The summed E-state index contributed by atoms with van der Waals surface area (Å²) in [6.45, 7) is 9.62. The average Bonchev–Trinajstić information content (AvgIpc) is 3.08. The second-order valence-electron chi connectivity index (χ2n) is 12.4. The number of hydrogen-bond donors (Lipinski definition) is 0. The lowest BCUT2D eigenvalue weighted by atomic mass is 9.39. The molecule has 8 unspecified atom stereocenters. The number of Topliss-reactive ketones (excluding diaryl/α,β-unsaturated/α-hetero) is 1. The number of halogens is 1. The van der Waals surface area contributed by atoms with E-state index in [0.29, 0.717) is 25.7 Å². The Kier molecular flexibility index (Phi) is 7.16. The summed E-state index contributed by atoms with van der Waals surface area (Å²) in [6, 6.07) is 0. The number of unbranched alkanes of at least 4 members (excludes halogenated alkanes) is 1. The minimum Gasteiger partial charge on any atom is -0.450 e. The third-order valence-electron chi connectivity index (χ3n) is 10.8. The molecule has 0 saturated heterocycles. The van der Waals surface area contributed by atoms with Gasteiger partial charge in [0.25, 0.3) is 0 Å². The van der Waals surface area contributed by atoms with E-state index in [2.05, 4.69) is 0 Å². The van der Waals surface area contributed by atoms with Crippen molar-refractivity contribution in [2.45, 2.75) is 96.9 Å². The molecule has 0 aliphatic heterocycles. The Morgan fingerprint density at radius 2 is 1.86 bits per heavy atom. The lowest BCUT2D eigenvalue weighted by Gasteiger charge is -2.68. The van der Waals surface area contributed by atoms with Gasteiger partial charge in [-0.15, -0.1) is 0 Å². The Labute approximate surface area is 220 Å². The largest absolute Gasteiger partial charge is 0.450 e. The number of rotatable bonds is 8. The first-order valence-corrected chi connectivity index (χ1v) is 13.7. The predicted octanol–water partition coefficient (Wildman–Crippen LogP) is 5.34. The van der Waals surface area contributed by atoms with E-state index in [-0.39, 0.29) is 42.9 Å². The van der Waals surface area contributed by atoms with Crippen LogP contribution >= 0.6 is 0 Å². The van der Waals surface area contributed by atoms with Crippen LogP contribution in [0.4, 0.5) is 4.39 Å². The summed E-state index contributed by atoms with van der Waals surface area (Å²) < 4.78 is 35.7. The maximum absolute atomic E-state index is 18.1. The number of alkyl halides is 1. The van der Waals surface area contributed by atoms with Crippen LogP contribution < -0.4 is 0 Å².